The van der Waals surface area contributed by atoms with Crippen LogP contribution in [-0.2, 0) is 4.79 Å². The average molecular weight is 420 g/mol. The van der Waals surface area contributed by atoms with Crippen molar-refractivity contribution in [2.45, 2.75) is 20.3 Å². The van der Waals surface area contributed by atoms with Gasteiger partial charge in [-0.15, -0.1) is 0 Å². The molecule has 7 heteroatoms. The molecule has 1 saturated heterocycles. The van der Waals surface area contributed by atoms with Crippen molar-refractivity contribution >= 4 is 38.6 Å². The highest BCUT2D eigenvalue weighted by Crippen LogP contribution is 2.26. The fourth-order valence-corrected chi connectivity index (χ4v) is 3.84. The molecule has 26 heavy (non-hydrogen) atoms. The number of hydrogen-bond acceptors (Lipinski definition) is 5. The van der Waals surface area contributed by atoms with Gasteiger partial charge in [-0.05, 0) is 38.5 Å². The lowest BCUT2D eigenvalue weighted by atomic mass is 10.2. The average Bonchev–Trinajstić information content (AvgIpc) is 2.87. The van der Waals surface area contributed by atoms with E-state index >= 15 is 0 Å². The molecule has 1 aliphatic rings. The van der Waals surface area contributed by atoms with E-state index in [1.807, 2.05) is 30.9 Å². The van der Waals surface area contributed by atoms with E-state index in [1.54, 1.807) is 6.33 Å². The summed E-state index contributed by atoms with van der Waals surface area (Å²) < 4.78 is 1.03. The zero-order chi connectivity index (χ0) is 18.5. The number of fused-ring (bicyclic) bond motifs is 1. The van der Waals surface area contributed by atoms with E-state index < -0.39 is 0 Å². The molecule has 0 unspecified atom stereocenters. The summed E-state index contributed by atoms with van der Waals surface area (Å²) in [5.74, 6) is 1.20. The predicted molar refractivity (Wildman–Crippen MR) is 108 cm³/mol. The minimum Gasteiger partial charge on any atom is -0.355 e. The maximum Gasteiger partial charge on any atom is 0.236 e. The Labute approximate surface area is 163 Å². The van der Waals surface area contributed by atoms with Crippen LogP contribution in [0, 0.1) is 0 Å². The van der Waals surface area contributed by atoms with Crippen molar-refractivity contribution < 1.29 is 4.79 Å². The van der Waals surface area contributed by atoms with Gasteiger partial charge < -0.3 is 9.80 Å². The fraction of sp³-hybridized carbons (Fsp3) is 0.526. The van der Waals surface area contributed by atoms with Gasteiger partial charge in [0.15, 0.2) is 0 Å². The third-order valence-electron chi connectivity index (χ3n) is 4.94. The summed E-state index contributed by atoms with van der Waals surface area (Å²) in [4.78, 5) is 27.8. The minimum atomic E-state index is 0.222. The molecule has 0 saturated carbocycles. The van der Waals surface area contributed by atoms with E-state index in [2.05, 4.69) is 41.8 Å². The molecule has 6 nitrogen and oxygen atoms in total. The highest BCUT2D eigenvalue weighted by Gasteiger charge is 2.21. The zero-order valence-electron chi connectivity index (χ0n) is 15.5. The van der Waals surface area contributed by atoms with Crippen LogP contribution in [-0.4, -0.2) is 71.5 Å². The van der Waals surface area contributed by atoms with Crippen molar-refractivity contribution in [3.8, 4) is 0 Å². The third kappa shape index (κ3) is 4.32. The van der Waals surface area contributed by atoms with E-state index in [4.69, 9.17) is 0 Å². The Morgan fingerprint density at radius 3 is 2.73 bits per heavy atom. The molecule has 0 radical (unpaired) electrons. The van der Waals surface area contributed by atoms with Gasteiger partial charge in [-0.25, -0.2) is 9.97 Å². The Morgan fingerprint density at radius 2 is 1.96 bits per heavy atom. The van der Waals surface area contributed by atoms with Gasteiger partial charge in [0.1, 0.15) is 12.1 Å². The summed E-state index contributed by atoms with van der Waals surface area (Å²) in [6.07, 6.45) is 2.66. The molecule has 0 aliphatic carbocycles. The van der Waals surface area contributed by atoms with Crippen molar-refractivity contribution in [3.63, 3.8) is 0 Å². The lowest BCUT2D eigenvalue weighted by molar-refractivity contribution is -0.132. The van der Waals surface area contributed by atoms with E-state index in [1.165, 1.54) is 0 Å². The smallest absolute Gasteiger partial charge is 0.236 e. The normalized spacial score (nSPS) is 15.9. The van der Waals surface area contributed by atoms with Crippen LogP contribution in [0.4, 0.5) is 5.82 Å². The minimum absolute atomic E-state index is 0.222. The molecule has 1 aromatic heterocycles. The number of carbonyl (C=O) groups excluding carboxylic acids is 1. The second-order valence-corrected chi connectivity index (χ2v) is 7.46. The molecule has 1 aromatic carbocycles. The Hall–Kier alpha value is -1.73. The monoisotopic (exact) mass is 419 g/mol. The topological polar surface area (TPSA) is 52.6 Å². The van der Waals surface area contributed by atoms with Crippen LogP contribution in [0.3, 0.4) is 0 Å². The molecule has 2 heterocycles. The second-order valence-electron chi connectivity index (χ2n) is 6.54. The number of carbonyl (C=O) groups is 1. The zero-order valence-corrected chi connectivity index (χ0v) is 17.1. The number of amides is 1. The van der Waals surface area contributed by atoms with Crippen LogP contribution >= 0.6 is 15.9 Å². The van der Waals surface area contributed by atoms with Gasteiger partial charge >= 0.3 is 0 Å². The molecule has 140 valence electrons. The van der Waals surface area contributed by atoms with E-state index in [0.29, 0.717) is 6.54 Å². The SMILES string of the molecule is CCN(CC)C(=O)CN1CCCN(c2ncnc3ccc(Br)cc23)CC1. The van der Waals surface area contributed by atoms with Gasteiger partial charge in [0.05, 0.1) is 12.1 Å². The molecule has 1 aliphatic heterocycles. The summed E-state index contributed by atoms with van der Waals surface area (Å²) in [6.45, 7) is 9.73. The first-order chi connectivity index (χ1) is 12.6. The molecule has 1 amide bonds. The molecule has 0 N–H and O–H groups in total. The van der Waals surface area contributed by atoms with Gasteiger partial charge in [-0.1, -0.05) is 15.9 Å². The first kappa shape index (κ1) is 19.0. The van der Waals surface area contributed by atoms with Crippen molar-refractivity contribution in [2.75, 3.05) is 50.7 Å². The maximum absolute atomic E-state index is 12.4. The predicted octanol–water partition coefficient (Wildman–Crippen LogP) is 2.77. The first-order valence-electron chi connectivity index (χ1n) is 9.27. The van der Waals surface area contributed by atoms with E-state index in [-0.39, 0.29) is 5.91 Å². The molecule has 1 fully saturated rings. The van der Waals surface area contributed by atoms with Crippen LogP contribution in [0.1, 0.15) is 20.3 Å². The maximum atomic E-state index is 12.4. The van der Waals surface area contributed by atoms with Crippen LogP contribution in [0.15, 0.2) is 29.0 Å². The number of anilines is 1. The Morgan fingerprint density at radius 1 is 1.15 bits per heavy atom. The lowest BCUT2D eigenvalue weighted by Gasteiger charge is -2.25. The van der Waals surface area contributed by atoms with Crippen molar-refractivity contribution in [1.82, 2.24) is 19.8 Å². The third-order valence-corrected chi connectivity index (χ3v) is 5.43. The van der Waals surface area contributed by atoms with Crippen LogP contribution < -0.4 is 4.90 Å². The fourth-order valence-electron chi connectivity index (χ4n) is 3.48. The molecule has 0 bridgehead atoms. The van der Waals surface area contributed by atoms with E-state index in [9.17, 15) is 4.79 Å². The van der Waals surface area contributed by atoms with Gasteiger partial charge in [0.25, 0.3) is 0 Å². The number of hydrogen-bond donors (Lipinski definition) is 0. The molecule has 0 spiro atoms. The summed E-state index contributed by atoms with van der Waals surface area (Å²) in [5, 5.41) is 1.06. The van der Waals surface area contributed by atoms with Crippen LogP contribution in [0.25, 0.3) is 10.9 Å². The summed E-state index contributed by atoms with van der Waals surface area (Å²) in [6, 6.07) is 6.09. The number of benzene rings is 1. The summed E-state index contributed by atoms with van der Waals surface area (Å²) >= 11 is 3.55. The molecular formula is C19H26BrN5O. The van der Waals surface area contributed by atoms with Gasteiger partial charge in [0, 0.05) is 49.1 Å². The van der Waals surface area contributed by atoms with Crippen molar-refractivity contribution in [2.24, 2.45) is 0 Å². The van der Waals surface area contributed by atoms with Crippen molar-refractivity contribution in [1.29, 1.82) is 0 Å². The second kappa shape index (κ2) is 8.77. The van der Waals surface area contributed by atoms with Gasteiger partial charge in [-0.3, -0.25) is 9.69 Å². The Kier molecular flexibility index (Phi) is 6.43. The molecule has 2 aromatic rings. The van der Waals surface area contributed by atoms with Crippen LogP contribution in [0.5, 0.6) is 0 Å². The van der Waals surface area contributed by atoms with Crippen molar-refractivity contribution in [3.05, 3.63) is 29.0 Å². The molecular weight excluding hydrogens is 394 g/mol. The van der Waals surface area contributed by atoms with E-state index in [0.717, 1.165) is 66.9 Å². The lowest BCUT2D eigenvalue weighted by Crippen LogP contribution is -2.41. The first-order valence-corrected chi connectivity index (χ1v) is 10.1. The summed E-state index contributed by atoms with van der Waals surface area (Å²) in [5.41, 5.74) is 0.955. The Bertz CT molecular complexity index is 765. The number of rotatable bonds is 5. The Balaban J connectivity index is 1.71. The highest BCUT2D eigenvalue weighted by atomic mass is 79.9. The number of likely N-dealkylation sites (N-methyl/N-ethyl adjacent to an activating group) is 1. The number of nitrogens with zero attached hydrogens (tertiary/aromatic N) is 5. The molecule has 3 rings (SSSR count). The number of halogens is 1. The largest absolute Gasteiger partial charge is 0.355 e. The summed E-state index contributed by atoms with van der Waals surface area (Å²) in [7, 11) is 0. The molecule has 0 atom stereocenters. The highest BCUT2D eigenvalue weighted by molar-refractivity contribution is 9.10. The quantitative estimate of drug-likeness (QED) is 0.745. The standard InChI is InChI=1S/C19H26BrN5O/c1-3-24(4-2)18(26)13-23-8-5-9-25(11-10-23)19-16-12-15(20)6-7-17(16)21-14-22-19/h6-7,12,14H,3-5,8-11,13H2,1-2H3. The van der Waals surface area contributed by atoms with Crippen LogP contribution in [0.2, 0.25) is 0 Å². The van der Waals surface area contributed by atoms with Gasteiger partial charge in [0.2, 0.25) is 5.91 Å². The van der Waals surface area contributed by atoms with Gasteiger partial charge in [-0.2, -0.15) is 0 Å². The number of aromatic nitrogens is 2.